The largest absolute Gasteiger partial charge is 0.369 e. The highest BCUT2D eigenvalue weighted by Crippen LogP contribution is 2.16. The normalized spacial score (nSPS) is 18.8. The SMILES string of the molecule is CCCC(C)(N)C(=O)NCC(C)N1CCN(c2ccccc2)CC1.Cl. The Kier molecular flexibility index (Phi) is 8.69. The summed E-state index contributed by atoms with van der Waals surface area (Å²) in [6.45, 7) is 10.8. The van der Waals surface area contributed by atoms with E-state index < -0.39 is 5.54 Å². The van der Waals surface area contributed by atoms with Gasteiger partial charge in [0.05, 0.1) is 5.54 Å². The molecule has 0 aromatic heterocycles. The van der Waals surface area contributed by atoms with Crippen LogP contribution in [0, 0.1) is 0 Å². The lowest BCUT2D eigenvalue weighted by atomic mass is 9.96. The fraction of sp³-hybridized carbons (Fsp3) is 0.632. The van der Waals surface area contributed by atoms with Crippen molar-refractivity contribution in [2.24, 2.45) is 5.73 Å². The van der Waals surface area contributed by atoms with E-state index in [-0.39, 0.29) is 18.3 Å². The van der Waals surface area contributed by atoms with Crippen molar-refractivity contribution in [1.29, 1.82) is 0 Å². The van der Waals surface area contributed by atoms with Gasteiger partial charge in [-0.05, 0) is 32.4 Å². The molecule has 142 valence electrons. The van der Waals surface area contributed by atoms with Gasteiger partial charge in [0.2, 0.25) is 5.91 Å². The number of carbonyl (C=O) groups is 1. The van der Waals surface area contributed by atoms with Gasteiger partial charge in [0.15, 0.2) is 0 Å². The summed E-state index contributed by atoms with van der Waals surface area (Å²) in [4.78, 5) is 17.1. The highest BCUT2D eigenvalue weighted by Gasteiger charge is 2.28. The Morgan fingerprint density at radius 1 is 1.24 bits per heavy atom. The van der Waals surface area contributed by atoms with E-state index in [1.165, 1.54) is 5.69 Å². The first-order valence-electron chi connectivity index (χ1n) is 9.05. The van der Waals surface area contributed by atoms with Gasteiger partial charge in [-0.3, -0.25) is 9.69 Å². The van der Waals surface area contributed by atoms with E-state index in [1.54, 1.807) is 0 Å². The van der Waals surface area contributed by atoms with E-state index >= 15 is 0 Å². The Hall–Kier alpha value is -1.30. The Morgan fingerprint density at radius 2 is 1.84 bits per heavy atom. The summed E-state index contributed by atoms with van der Waals surface area (Å²) < 4.78 is 0. The summed E-state index contributed by atoms with van der Waals surface area (Å²) >= 11 is 0. The minimum Gasteiger partial charge on any atom is -0.369 e. The minimum atomic E-state index is -0.763. The van der Waals surface area contributed by atoms with Crippen LogP contribution in [-0.2, 0) is 4.79 Å². The number of halogens is 1. The summed E-state index contributed by atoms with van der Waals surface area (Å²) in [5, 5.41) is 3.03. The number of benzene rings is 1. The van der Waals surface area contributed by atoms with E-state index in [2.05, 4.69) is 46.3 Å². The molecule has 1 heterocycles. The Bertz CT molecular complexity index is 515. The van der Waals surface area contributed by atoms with Gasteiger partial charge in [0, 0.05) is 44.5 Å². The van der Waals surface area contributed by atoms with Gasteiger partial charge in [0.1, 0.15) is 0 Å². The van der Waals surface area contributed by atoms with Gasteiger partial charge in [-0.2, -0.15) is 0 Å². The fourth-order valence-corrected chi connectivity index (χ4v) is 3.26. The lowest BCUT2D eigenvalue weighted by Crippen LogP contribution is -2.56. The molecule has 3 N–H and O–H groups in total. The molecular formula is C19H33ClN4O. The molecule has 0 saturated carbocycles. The third-order valence-corrected chi connectivity index (χ3v) is 4.91. The van der Waals surface area contributed by atoms with Crippen LogP contribution in [0.25, 0.3) is 0 Å². The molecule has 2 rings (SSSR count). The summed E-state index contributed by atoms with van der Waals surface area (Å²) in [6.07, 6.45) is 1.63. The van der Waals surface area contributed by atoms with Crippen molar-refractivity contribution in [2.75, 3.05) is 37.6 Å². The van der Waals surface area contributed by atoms with Crippen molar-refractivity contribution in [2.45, 2.75) is 45.2 Å². The molecule has 1 amide bonds. The quantitative estimate of drug-likeness (QED) is 0.774. The fourth-order valence-electron chi connectivity index (χ4n) is 3.26. The van der Waals surface area contributed by atoms with Gasteiger partial charge in [-0.1, -0.05) is 31.5 Å². The molecule has 0 bridgehead atoms. The predicted octanol–water partition coefficient (Wildman–Crippen LogP) is 2.25. The van der Waals surface area contributed by atoms with Crippen LogP contribution in [0.3, 0.4) is 0 Å². The lowest BCUT2D eigenvalue weighted by molar-refractivity contribution is -0.126. The number of nitrogens with two attached hydrogens (primary N) is 1. The van der Waals surface area contributed by atoms with E-state index in [1.807, 2.05) is 19.9 Å². The zero-order chi connectivity index (χ0) is 17.6. The smallest absolute Gasteiger partial charge is 0.239 e. The number of nitrogens with one attached hydrogen (secondary N) is 1. The van der Waals surface area contributed by atoms with Crippen molar-refractivity contribution in [3.63, 3.8) is 0 Å². The van der Waals surface area contributed by atoms with Crippen LogP contribution in [-0.4, -0.2) is 55.1 Å². The molecule has 0 radical (unpaired) electrons. The second-order valence-electron chi connectivity index (χ2n) is 7.09. The van der Waals surface area contributed by atoms with Crippen molar-refractivity contribution >= 4 is 24.0 Å². The number of piperazine rings is 1. The monoisotopic (exact) mass is 368 g/mol. The number of nitrogens with zero attached hydrogens (tertiary/aromatic N) is 2. The predicted molar refractivity (Wildman–Crippen MR) is 107 cm³/mol. The second-order valence-corrected chi connectivity index (χ2v) is 7.09. The first-order valence-corrected chi connectivity index (χ1v) is 9.05. The minimum absolute atomic E-state index is 0. The van der Waals surface area contributed by atoms with E-state index in [0.717, 1.165) is 32.6 Å². The Morgan fingerprint density at radius 3 is 2.40 bits per heavy atom. The zero-order valence-corrected chi connectivity index (χ0v) is 16.5. The van der Waals surface area contributed by atoms with E-state index in [4.69, 9.17) is 5.73 Å². The maximum atomic E-state index is 12.2. The van der Waals surface area contributed by atoms with Crippen LogP contribution >= 0.6 is 12.4 Å². The molecule has 25 heavy (non-hydrogen) atoms. The number of anilines is 1. The maximum absolute atomic E-state index is 12.2. The van der Waals surface area contributed by atoms with Crippen molar-refractivity contribution in [3.05, 3.63) is 30.3 Å². The molecule has 0 aliphatic carbocycles. The van der Waals surface area contributed by atoms with Crippen molar-refractivity contribution in [1.82, 2.24) is 10.2 Å². The highest BCUT2D eigenvalue weighted by atomic mass is 35.5. The molecular weight excluding hydrogens is 336 g/mol. The van der Waals surface area contributed by atoms with Crippen LogP contribution in [0.1, 0.15) is 33.6 Å². The average Bonchev–Trinajstić information content (AvgIpc) is 2.60. The summed E-state index contributed by atoms with van der Waals surface area (Å²) in [6, 6.07) is 10.9. The standard InChI is InChI=1S/C19H32N4O.ClH/c1-4-10-19(3,20)18(24)21-15-16(2)22-11-13-23(14-12-22)17-8-6-5-7-9-17;/h5-9,16H,4,10-15,20H2,1-3H3,(H,21,24);1H. The molecule has 1 aromatic rings. The van der Waals surface area contributed by atoms with Gasteiger partial charge >= 0.3 is 0 Å². The van der Waals surface area contributed by atoms with Crippen LogP contribution in [0.15, 0.2) is 30.3 Å². The van der Waals surface area contributed by atoms with Gasteiger partial charge in [-0.25, -0.2) is 0 Å². The average molecular weight is 369 g/mol. The van der Waals surface area contributed by atoms with E-state index in [9.17, 15) is 4.79 Å². The second kappa shape index (κ2) is 10.00. The van der Waals surface area contributed by atoms with E-state index in [0.29, 0.717) is 19.0 Å². The van der Waals surface area contributed by atoms with Crippen LogP contribution in [0.4, 0.5) is 5.69 Å². The van der Waals surface area contributed by atoms with Crippen molar-refractivity contribution < 1.29 is 4.79 Å². The molecule has 1 aliphatic heterocycles. The first-order chi connectivity index (χ1) is 11.4. The maximum Gasteiger partial charge on any atom is 0.239 e. The van der Waals surface area contributed by atoms with Crippen molar-refractivity contribution in [3.8, 4) is 0 Å². The third kappa shape index (κ3) is 6.17. The topological polar surface area (TPSA) is 61.6 Å². The van der Waals surface area contributed by atoms with Gasteiger partial charge in [0.25, 0.3) is 0 Å². The van der Waals surface area contributed by atoms with Gasteiger partial charge in [-0.15, -0.1) is 12.4 Å². The molecule has 2 atom stereocenters. The molecule has 1 fully saturated rings. The number of hydrogen-bond donors (Lipinski definition) is 2. The van der Waals surface area contributed by atoms with Gasteiger partial charge < -0.3 is 16.0 Å². The first kappa shape index (κ1) is 21.7. The summed E-state index contributed by atoms with van der Waals surface area (Å²) in [5.41, 5.74) is 6.61. The molecule has 1 saturated heterocycles. The Balaban J connectivity index is 0.00000312. The molecule has 5 nitrogen and oxygen atoms in total. The molecule has 2 unspecified atom stereocenters. The van der Waals surface area contributed by atoms with Crippen LogP contribution in [0.2, 0.25) is 0 Å². The summed E-state index contributed by atoms with van der Waals surface area (Å²) in [7, 11) is 0. The highest BCUT2D eigenvalue weighted by molar-refractivity contribution is 5.85. The van der Waals surface area contributed by atoms with Crippen LogP contribution in [0.5, 0.6) is 0 Å². The molecule has 0 spiro atoms. The number of rotatable bonds is 7. The molecule has 1 aromatic carbocycles. The zero-order valence-electron chi connectivity index (χ0n) is 15.7. The number of hydrogen-bond acceptors (Lipinski definition) is 4. The third-order valence-electron chi connectivity index (χ3n) is 4.91. The number of para-hydroxylation sites is 1. The summed E-state index contributed by atoms with van der Waals surface area (Å²) in [5.74, 6) is -0.0425. The Labute approximate surface area is 158 Å². The molecule has 6 heteroatoms. The lowest BCUT2D eigenvalue weighted by Gasteiger charge is -2.39. The van der Waals surface area contributed by atoms with Crippen LogP contribution < -0.4 is 16.0 Å². The number of amides is 1. The molecule has 1 aliphatic rings. The number of carbonyl (C=O) groups excluding carboxylic acids is 1.